The Morgan fingerprint density at radius 2 is 1.24 bits per heavy atom. The second-order valence-corrected chi connectivity index (χ2v) is 10.0. The first kappa shape index (κ1) is 23.7. The molecule has 2 rings (SSSR count). The molecular weight excluding hydrogens is 348 g/mol. The summed E-state index contributed by atoms with van der Waals surface area (Å²) >= 11 is 0. The third-order valence-corrected chi connectivity index (χ3v) is 7.76. The van der Waals surface area contributed by atoms with Gasteiger partial charge in [0.05, 0.1) is 0 Å². The summed E-state index contributed by atoms with van der Waals surface area (Å²) in [4.78, 5) is 0. The van der Waals surface area contributed by atoms with Gasteiger partial charge in [-0.15, -0.1) is 0 Å². The van der Waals surface area contributed by atoms with E-state index in [9.17, 15) is 0 Å². The fraction of sp³-hybridized carbons (Fsp3) is 0.586. The van der Waals surface area contributed by atoms with Gasteiger partial charge >= 0.3 is 0 Å². The van der Waals surface area contributed by atoms with Gasteiger partial charge in [0.15, 0.2) is 0 Å². The van der Waals surface area contributed by atoms with Crippen molar-refractivity contribution in [1.82, 2.24) is 0 Å². The summed E-state index contributed by atoms with van der Waals surface area (Å²) in [7, 11) is 0. The fourth-order valence-electron chi connectivity index (χ4n) is 5.22. The molecule has 0 heteroatoms. The highest BCUT2D eigenvalue weighted by Gasteiger charge is 2.31. The minimum Gasteiger partial charge on any atom is -0.0651 e. The number of hydrogen-bond acceptors (Lipinski definition) is 0. The van der Waals surface area contributed by atoms with Gasteiger partial charge in [-0.1, -0.05) is 111 Å². The van der Waals surface area contributed by atoms with Gasteiger partial charge in [-0.25, -0.2) is 0 Å². The first-order chi connectivity index (χ1) is 13.6. The van der Waals surface area contributed by atoms with E-state index in [2.05, 4.69) is 105 Å². The zero-order valence-electron chi connectivity index (χ0n) is 20.5. The monoisotopic (exact) mass is 392 g/mol. The third kappa shape index (κ3) is 4.79. The van der Waals surface area contributed by atoms with Crippen molar-refractivity contribution in [3.05, 3.63) is 70.3 Å². The van der Waals surface area contributed by atoms with E-state index in [0.717, 1.165) is 0 Å². The Morgan fingerprint density at radius 1 is 0.690 bits per heavy atom. The molecule has 0 amide bonds. The molecule has 0 aliphatic heterocycles. The van der Waals surface area contributed by atoms with Crippen LogP contribution in [0.5, 0.6) is 0 Å². The van der Waals surface area contributed by atoms with Crippen molar-refractivity contribution >= 4 is 0 Å². The highest BCUT2D eigenvalue weighted by atomic mass is 14.4. The Kier molecular flexibility index (Phi) is 7.77. The molecular formula is C29H44. The molecule has 0 saturated carbocycles. The van der Waals surface area contributed by atoms with Crippen molar-refractivity contribution in [2.24, 2.45) is 5.92 Å². The van der Waals surface area contributed by atoms with Gasteiger partial charge in [-0.05, 0) is 64.8 Å². The molecule has 0 radical (unpaired) electrons. The average molecular weight is 393 g/mol. The van der Waals surface area contributed by atoms with Gasteiger partial charge in [-0.3, -0.25) is 0 Å². The maximum Gasteiger partial charge on any atom is 0.0146 e. The number of benzene rings is 2. The minimum absolute atomic E-state index is 0.00546. The van der Waals surface area contributed by atoms with Gasteiger partial charge in [0.25, 0.3) is 0 Å². The standard InChI is InChI=1S/C29H44/c1-10-22(11-2)27-20-26(18-17-21(27)5)29(8,9)25-16-14-15-24(19-25)28(6,7)23(12-3)13-4/h14-20,22-23H,10-13H2,1-9H3. The third-order valence-electron chi connectivity index (χ3n) is 7.76. The molecule has 0 spiro atoms. The molecule has 0 fully saturated rings. The van der Waals surface area contributed by atoms with E-state index in [1.807, 2.05) is 0 Å². The maximum absolute atomic E-state index is 2.49. The predicted molar refractivity (Wildman–Crippen MR) is 130 cm³/mol. The summed E-state index contributed by atoms with van der Waals surface area (Å²) in [5.41, 5.74) is 7.49. The van der Waals surface area contributed by atoms with Crippen molar-refractivity contribution < 1.29 is 0 Å². The van der Waals surface area contributed by atoms with E-state index in [1.54, 1.807) is 0 Å². The average Bonchev–Trinajstić information content (AvgIpc) is 2.71. The molecule has 0 N–H and O–H groups in total. The van der Waals surface area contributed by atoms with Crippen molar-refractivity contribution in [2.75, 3.05) is 0 Å². The molecule has 0 aliphatic carbocycles. The maximum atomic E-state index is 2.49. The topological polar surface area (TPSA) is 0 Å². The molecule has 0 bridgehead atoms. The molecule has 0 heterocycles. The highest BCUT2D eigenvalue weighted by Crippen LogP contribution is 2.40. The molecule has 0 unspecified atom stereocenters. The van der Waals surface area contributed by atoms with Crippen molar-refractivity contribution in [3.63, 3.8) is 0 Å². The van der Waals surface area contributed by atoms with Crippen LogP contribution in [0.4, 0.5) is 0 Å². The van der Waals surface area contributed by atoms with E-state index < -0.39 is 0 Å². The summed E-state index contributed by atoms with van der Waals surface area (Å²) in [5, 5.41) is 0. The number of hydrogen-bond donors (Lipinski definition) is 0. The second-order valence-electron chi connectivity index (χ2n) is 10.0. The zero-order valence-corrected chi connectivity index (χ0v) is 20.5. The van der Waals surface area contributed by atoms with Gasteiger partial charge < -0.3 is 0 Å². The first-order valence-corrected chi connectivity index (χ1v) is 11.8. The Hall–Kier alpha value is -1.56. The minimum atomic E-state index is -0.00546. The summed E-state index contributed by atoms with van der Waals surface area (Å²) in [6, 6.07) is 16.6. The largest absolute Gasteiger partial charge is 0.0651 e. The van der Waals surface area contributed by atoms with E-state index in [0.29, 0.717) is 11.8 Å². The smallest absolute Gasteiger partial charge is 0.0146 e. The second kappa shape index (κ2) is 9.50. The van der Waals surface area contributed by atoms with Crippen LogP contribution in [0.3, 0.4) is 0 Å². The molecule has 160 valence electrons. The van der Waals surface area contributed by atoms with E-state index in [-0.39, 0.29) is 10.8 Å². The van der Waals surface area contributed by atoms with Crippen molar-refractivity contribution in [1.29, 1.82) is 0 Å². The van der Waals surface area contributed by atoms with Gasteiger partial charge in [-0.2, -0.15) is 0 Å². The highest BCUT2D eigenvalue weighted by molar-refractivity contribution is 5.44. The van der Waals surface area contributed by atoms with Gasteiger partial charge in [0.1, 0.15) is 0 Å². The summed E-state index contributed by atoms with van der Waals surface area (Å²) < 4.78 is 0. The SMILES string of the molecule is CCC(CC)c1cc(C(C)(C)c2cccc(C(C)(C)C(CC)CC)c2)ccc1C. The van der Waals surface area contributed by atoms with Crippen molar-refractivity contribution in [2.45, 2.75) is 105 Å². The zero-order chi connectivity index (χ0) is 21.8. The van der Waals surface area contributed by atoms with Crippen LogP contribution >= 0.6 is 0 Å². The molecule has 0 saturated heterocycles. The normalized spacial score (nSPS) is 12.8. The van der Waals surface area contributed by atoms with Crippen LogP contribution in [0, 0.1) is 12.8 Å². The first-order valence-electron chi connectivity index (χ1n) is 11.8. The van der Waals surface area contributed by atoms with E-state index in [4.69, 9.17) is 0 Å². The lowest BCUT2D eigenvalue weighted by Crippen LogP contribution is -2.29. The Balaban J connectivity index is 2.51. The molecule has 2 aromatic carbocycles. The van der Waals surface area contributed by atoms with Crippen LogP contribution in [0.2, 0.25) is 0 Å². The lowest BCUT2D eigenvalue weighted by molar-refractivity contribution is 0.298. The molecule has 2 aromatic rings. The quantitative estimate of drug-likeness (QED) is 0.399. The van der Waals surface area contributed by atoms with E-state index >= 15 is 0 Å². The molecule has 0 nitrogen and oxygen atoms in total. The van der Waals surface area contributed by atoms with Gasteiger partial charge in [0, 0.05) is 5.41 Å². The summed E-state index contributed by atoms with van der Waals surface area (Å²) in [6.45, 7) is 21.2. The summed E-state index contributed by atoms with van der Waals surface area (Å²) in [5.74, 6) is 1.37. The molecule has 0 aliphatic rings. The van der Waals surface area contributed by atoms with Crippen LogP contribution < -0.4 is 0 Å². The van der Waals surface area contributed by atoms with Crippen LogP contribution in [0.1, 0.15) is 115 Å². The molecule has 0 aromatic heterocycles. The Morgan fingerprint density at radius 3 is 1.79 bits per heavy atom. The number of aryl methyl sites for hydroxylation is 1. The lowest BCUT2D eigenvalue weighted by Gasteiger charge is -2.36. The van der Waals surface area contributed by atoms with Gasteiger partial charge in [0.2, 0.25) is 0 Å². The number of rotatable bonds is 9. The van der Waals surface area contributed by atoms with Crippen LogP contribution in [0.25, 0.3) is 0 Å². The van der Waals surface area contributed by atoms with Crippen LogP contribution in [-0.2, 0) is 10.8 Å². The lowest BCUT2D eigenvalue weighted by atomic mass is 9.69. The Labute approximate surface area is 181 Å². The molecule has 29 heavy (non-hydrogen) atoms. The van der Waals surface area contributed by atoms with Crippen LogP contribution in [0.15, 0.2) is 42.5 Å². The predicted octanol–water partition coefficient (Wildman–Crippen LogP) is 8.94. The molecule has 0 atom stereocenters. The summed E-state index contributed by atoms with van der Waals surface area (Å²) in [6.07, 6.45) is 4.88. The van der Waals surface area contributed by atoms with E-state index in [1.165, 1.54) is 53.5 Å². The fourth-order valence-corrected chi connectivity index (χ4v) is 5.22. The Bertz CT molecular complexity index is 785. The van der Waals surface area contributed by atoms with Crippen LogP contribution in [-0.4, -0.2) is 0 Å². The van der Waals surface area contributed by atoms with Crippen molar-refractivity contribution in [3.8, 4) is 0 Å².